The number of halogens is 1. The number of carboxylic acid groups (broad SMARTS) is 1. The lowest BCUT2D eigenvalue weighted by atomic mass is 10.0. The molecule has 0 fully saturated rings. The lowest BCUT2D eigenvalue weighted by Crippen LogP contribution is -2.40. The summed E-state index contributed by atoms with van der Waals surface area (Å²) in [7, 11) is 0. The maximum absolute atomic E-state index is 12.6. The van der Waals surface area contributed by atoms with E-state index in [4.69, 9.17) is 0 Å². The molecule has 0 aromatic heterocycles. The second kappa shape index (κ2) is 8.22. The smallest absolute Gasteiger partial charge is 0.269 e. The second-order valence-electron chi connectivity index (χ2n) is 6.13. The number of nitro groups is 1. The largest absolute Gasteiger partial charge is 0.550 e. The number of hydrogen-bond acceptors (Lipinski definition) is 6. The highest BCUT2D eigenvalue weighted by Crippen LogP contribution is 2.33. The van der Waals surface area contributed by atoms with E-state index in [2.05, 4.69) is 21.4 Å². The summed E-state index contributed by atoms with van der Waals surface area (Å²) >= 11 is 3.36. The number of nitrogens with zero attached hydrogens (tertiary/aromatic N) is 2. The third kappa shape index (κ3) is 4.37. The van der Waals surface area contributed by atoms with Gasteiger partial charge in [-0.15, -0.1) is 0 Å². The van der Waals surface area contributed by atoms with Crippen LogP contribution in [0.25, 0.3) is 5.70 Å². The SMILES string of the molecule is O=C([O-])CCC(=O)N1NC(c2ccc(Br)cc2)=CC1c1cccc([N+](=O)[O-])c1. The van der Waals surface area contributed by atoms with Gasteiger partial charge in [0.1, 0.15) is 0 Å². The average Bonchev–Trinajstić information content (AvgIpc) is 3.12. The first-order valence-electron chi connectivity index (χ1n) is 8.36. The van der Waals surface area contributed by atoms with Crippen LogP contribution in [0.1, 0.15) is 30.0 Å². The zero-order valence-corrected chi connectivity index (χ0v) is 16.1. The van der Waals surface area contributed by atoms with Crippen LogP contribution in [0.2, 0.25) is 0 Å². The van der Waals surface area contributed by atoms with Gasteiger partial charge in [0, 0.05) is 29.0 Å². The molecule has 2 aromatic carbocycles. The van der Waals surface area contributed by atoms with Crippen molar-refractivity contribution in [2.75, 3.05) is 0 Å². The first kappa shape index (κ1) is 19.6. The topological polar surface area (TPSA) is 116 Å². The molecule has 0 saturated carbocycles. The second-order valence-corrected chi connectivity index (χ2v) is 7.05. The minimum Gasteiger partial charge on any atom is -0.550 e. The number of carbonyl (C=O) groups is 2. The molecule has 1 unspecified atom stereocenters. The lowest BCUT2D eigenvalue weighted by molar-refractivity contribution is -0.384. The van der Waals surface area contributed by atoms with Crippen molar-refractivity contribution < 1.29 is 19.6 Å². The molecule has 0 spiro atoms. The Morgan fingerprint density at radius 1 is 1.14 bits per heavy atom. The Morgan fingerprint density at radius 3 is 2.50 bits per heavy atom. The Hall–Kier alpha value is -3.20. The van der Waals surface area contributed by atoms with E-state index >= 15 is 0 Å². The number of nitrogens with one attached hydrogen (secondary N) is 1. The van der Waals surface area contributed by atoms with Crippen LogP contribution in [0.15, 0.2) is 59.1 Å². The maximum Gasteiger partial charge on any atom is 0.269 e. The number of amides is 1. The number of non-ortho nitro benzene ring substituents is 1. The van der Waals surface area contributed by atoms with E-state index in [1.165, 1.54) is 17.1 Å². The number of hydrogen-bond donors (Lipinski definition) is 1. The third-order valence-electron chi connectivity index (χ3n) is 4.23. The van der Waals surface area contributed by atoms with E-state index < -0.39 is 29.3 Å². The fraction of sp³-hybridized carbons (Fsp3) is 0.158. The highest BCUT2D eigenvalue weighted by atomic mass is 79.9. The molecule has 1 heterocycles. The molecule has 28 heavy (non-hydrogen) atoms. The standard InChI is InChI=1S/C19H16BrN3O5/c20-14-6-4-12(5-7-14)16-11-17(13-2-1-3-15(10-13)23(27)28)22(21-16)18(24)8-9-19(25)26/h1-7,10-11,17,21H,8-9H2,(H,25,26)/p-1. The van der Waals surface area contributed by atoms with Crippen LogP contribution in [0.4, 0.5) is 5.69 Å². The Morgan fingerprint density at radius 2 is 1.86 bits per heavy atom. The van der Waals surface area contributed by atoms with Crippen LogP contribution in [0.5, 0.6) is 0 Å². The summed E-state index contributed by atoms with van der Waals surface area (Å²) in [4.78, 5) is 33.9. The van der Waals surface area contributed by atoms with Crippen molar-refractivity contribution >= 4 is 39.2 Å². The van der Waals surface area contributed by atoms with Crippen LogP contribution in [0.3, 0.4) is 0 Å². The summed E-state index contributed by atoms with van der Waals surface area (Å²) in [6.45, 7) is 0. The van der Waals surface area contributed by atoms with E-state index in [0.717, 1.165) is 10.0 Å². The fourth-order valence-corrected chi connectivity index (χ4v) is 3.14. The Balaban J connectivity index is 1.95. The van der Waals surface area contributed by atoms with Gasteiger partial charge in [-0.05, 0) is 35.8 Å². The molecule has 2 aromatic rings. The van der Waals surface area contributed by atoms with E-state index in [9.17, 15) is 24.8 Å². The average molecular weight is 445 g/mol. The summed E-state index contributed by atoms with van der Waals surface area (Å²) in [5, 5.41) is 23.1. The molecule has 1 aliphatic rings. The minimum atomic E-state index is -1.32. The zero-order chi connectivity index (χ0) is 20.3. The van der Waals surface area contributed by atoms with Gasteiger partial charge in [0.05, 0.1) is 16.7 Å². The molecule has 144 valence electrons. The summed E-state index contributed by atoms with van der Waals surface area (Å²) < 4.78 is 0.895. The van der Waals surface area contributed by atoms with Crippen molar-refractivity contribution in [3.63, 3.8) is 0 Å². The summed E-state index contributed by atoms with van der Waals surface area (Å²) in [5.41, 5.74) is 4.90. The molecule has 1 atom stereocenters. The number of aliphatic carboxylic acids is 1. The summed E-state index contributed by atoms with van der Waals surface area (Å²) in [6.07, 6.45) is 1.12. The number of benzene rings is 2. The Labute approximate surface area is 168 Å². The van der Waals surface area contributed by atoms with Crippen molar-refractivity contribution in [2.24, 2.45) is 0 Å². The first-order valence-corrected chi connectivity index (χ1v) is 9.15. The van der Waals surface area contributed by atoms with Crippen LogP contribution < -0.4 is 10.5 Å². The predicted molar refractivity (Wildman–Crippen MR) is 102 cm³/mol. The van der Waals surface area contributed by atoms with Crippen molar-refractivity contribution in [3.05, 3.63) is 80.3 Å². The van der Waals surface area contributed by atoms with Gasteiger partial charge in [0.15, 0.2) is 0 Å². The highest BCUT2D eigenvalue weighted by Gasteiger charge is 2.31. The number of rotatable bonds is 6. The zero-order valence-electron chi connectivity index (χ0n) is 14.5. The third-order valence-corrected chi connectivity index (χ3v) is 4.76. The van der Waals surface area contributed by atoms with Crippen molar-refractivity contribution in [1.29, 1.82) is 0 Å². The van der Waals surface area contributed by atoms with Crippen molar-refractivity contribution in [2.45, 2.75) is 18.9 Å². The van der Waals surface area contributed by atoms with Gasteiger partial charge in [0.25, 0.3) is 5.69 Å². The first-order chi connectivity index (χ1) is 13.3. The maximum atomic E-state index is 12.6. The van der Waals surface area contributed by atoms with E-state index in [0.29, 0.717) is 11.3 Å². The van der Waals surface area contributed by atoms with Crippen LogP contribution >= 0.6 is 15.9 Å². The molecule has 0 aliphatic carbocycles. The van der Waals surface area contributed by atoms with Crippen LogP contribution in [-0.4, -0.2) is 21.8 Å². The predicted octanol–water partition coefficient (Wildman–Crippen LogP) is 2.32. The molecule has 0 bridgehead atoms. The summed E-state index contributed by atoms with van der Waals surface area (Å²) in [6, 6.07) is 12.8. The molecule has 3 rings (SSSR count). The molecular weight excluding hydrogens is 430 g/mol. The van der Waals surface area contributed by atoms with Gasteiger partial charge in [-0.3, -0.25) is 20.3 Å². The molecule has 1 aliphatic heterocycles. The number of nitro benzene ring substituents is 1. The van der Waals surface area contributed by atoms with Crippen LogP contribution in [-0.2, 0) is 9.59 Å². The Kier molecular flexibility index (Phi) is 5.74. The molecule has 0 saturated heterocycles. The van der Waals surface area contributed by atoms with E-state index in [-0.39, 0.29) is 12.1 Å². The number of carbonyl (C=O) groups excluding carboxylic acids is 2. The monoisotopic (exact) mass is 444 g/mol. The van der Waals surface area contributed by atoms with Crippen molar-refractivity contribution in [3.8, 4) is 0 Å². The van der Waals surface area contributed by atoms with E-state index in [1.54, 1.807) is 18.2 Å². The Bertz CT molecular complexity index is 958. The van der Waals surface area contributed by atoms with Crippen LogP contribution in [0, 0.1) is 10.1 Å². The lowest BCUT2D eigenvalue weighted by Gasteiger charge is -2.25. The molecular formula is C19H15BrN3O5-. The quantitative estimate of drug-likeness (QED) is 0.539. The van der Waals surface area contributed by atoms with Gasteiger partial charge in [0.2, 0.25) is 5.91 Å². The number of hydrazine groups is 1. The minimum absolute atomic E-state index is 0.0925. The molecule has 8 nitrogen and oxygen atoms in total. The number of carboxylic acids is 1. The van der Waals surface area contributed by atoms with Gasteiger partial charge in [-0.2, -0.15) is 0 Å². The molecule has 1 N–H and O–H groups in total. The molecule has 1 amide bonds. The molecule has 0 radical (unpaired) electrons. The van der Waals surface area contributed by atoms with Gasteiger partial charge in [-0.1, -0.05) is 40.2 Å². The normalized spacial score (nSPS) is 15.7. The highest BCUT2D eigenvalue weighted by molar-refractivity contribution is 9.10. The van der Waals surface area contributed by atoms with E-state index in [1.807, 2.05) is 24.3 Å². The van der Waals surface area contributed by atoms with Gasteiger partial charge in [-0.25, -0.2) is 5.01 Å². The fourth-order valence-electron chi connectivity index (χ4n) is 2.87. The molecule has 9 heteroatoms. The van der Waals surface area contributed by atoms with Gasteiger partial charge >= 0.3 is 0 Å². The van der Waals surface area contributed by atoms with Crippen molar-refractivity contribution in [1.82, 2.24) is 10.4 Å². The van der Waals surface area contributed by atoms with Gasteiger partial charge < -0.3 is 9.90 Å². The summed E-state index contributed by atoms with van der Waals surface area (Å²) in [5.74, 6) is -1.77.